The average Bonchev–Trinajstić information content (AvgIpc) is 2.96. The van der Waals surface area contributed by atoms with Crippen LogP contribution < -0.4 is 14.4 Å². The Morgan fingerprint density at radius 3 is 2.02 bits per heavy atom. The Balaban J connectivity index is 1.80. The molecule has 0 aliphatic rings. The first kappa shape index (κ1) is 30.7. The quantitative estimate of drug-likeness (QED) is 0.295. The normalized spacial score (nSPS) is 11.9. The van der Waals surface area contributed by atoms with Crippen LogP contribution in [0.15, 0.2) is 84.9 Å². The molecular formula is C31H39N3O5S. The van der Waals surface area contributed by atoms with Crippen molar-refractivity contribution >= 4 is 27.5 Å². The number of carbonyl (C=O) groups is 2. The van der Waals surface area contributed by atoms with Crippen LogP contribution in [0.4, 0.5) is 5.69 Å². The summed E-state index contributed by atoms with van der Waals surface area (Å²) in [5.41, 5.74) is 2.38. The lowest BCUT2D eigenvalue weighted by Gasteiger charge is -2.32. The molecule has 0 heterocycles. The smallest absolute Gasteiger partial charge is 0.244 e. The van der Waals surface area contributed by atoms with E-state index in [1.807, 2.05) is 74.5 Å². The van der Waals surface area contributed by atoms with E-state index in [0.717, 1.165) is 28.1 Å². The summed E-state index contributed by atoms with van der Waals surface area (Å²) in [6.07, 6.45) is 2.78. The number of sulfonamides is 1. The molecule has 3 aromatic carbocycles. The largest absolute Gasteiger partial charge is 0.489 e. The second-order valence-corrected chi connectivity index (χ2v) is 11.5. The van der Waals surface area contributed by atoms with Gasteiger partial charge in [0.1, 0.15) is 24.9 Å². The Hall–Kier alpha value is -3.85. The van der Waals surface area contributed by atoms with Crippen molar-refractivity contribution in [3.63, 3.8) is 0 Å². The third kappa shape index (κ3) is 9.12. The maximum absolute atomic E-state index is 13.7. The van der Waals surface area contributed by atoms with E-state index in [2.05, 4.69) is 5.32 Å². The fourth-order valence-electron chi connectivity index (χ4n) is 4.33. The van der Waals surface area contributed by atoms with E-state index in [1.165, 1.54) is 4.90 Å². The molecule has 0 bridgehead atoms. The van der Waals surface area contributed by atoms with E-state index >= 15 is 0 Å². The molecule has 1 unspecified atom stereocenters. The zero-order valence-electron chi connectivity index (χ0n) is 23.5. The van der Waals surface area contributed by atoms with Crippen LogP contribution >= 0.6 is 0 Å². The number of hydrogen-bond donors (Lipinski definition) is 1. The van der Waals surface area contributed by atoms with Crippen molar-refractivity contribution in [1.29, 1.82) is 0 Å². The van der Waals surface area contributed by atoms with Gasteiger partial charge in [-0.25, -0.2) is 8.42 Å². The molecule has 0 saturated carbocycles. The Kier molecular flexibility index (Phi) is 11.6. The van der Waals surface area contributed by atoms with Crippen molar-refractivity contribution in [2.75, 3.05) is 30.2 Å². The standard InChI is InChI=1S/C31H39N3O5S/c1-4-21-32-31(36)29(5-2)33(22-20-25-12-8-6-9-13-25)30(35)23-34(40(3,37)38)27-16-18-28(19-17-27)39-24-26-14-10-7-11-15-26/h6-19,29H,4-5,20-24H2,1-3H3,(H,32,36). The van der Waals surface area contributed by atoms with E-state index in [4.69, 9.17) is 4.74 Å². The van der Waals surface area contributed by atoms with Gasteiger partial charge >= 0.3 is 0 Å². The van der Waals surface area contributed by atoms with Crippen LogP contribution in [0.2, 0.25) is 0 Å². The molecule has 3 aromatic rings. The Morgan fingerprint density at radius 1 is 0.875 bits per heavy atom. The average molecular weight is 566 g/mol. The number of rotatable bonds is 15. The SMILES string of the molecule is CCCNC(=O)C(CC)N(CCc1ccccc1)C(=O)CN(c1ccc(OCc2ccccc2)cc1)S(C)(=O)=O. The summed E-state index contributed by atoms with van der Waals surface area (Å²) >= 11 is 0. The zero-order valence-corrected chi connectivity index (χ0v) is 24.3. The molecule has 0 spiro atoms. The molecule has 8 nitrogen and oxygen atoms in total. The number of hydrogen-bond acceptors (Lipinski definition) is 5. The Morgan fingerprint density at radius 2 is 1.48 bits per heavy atom. The number of ether oxygens (including phenoxy) is 1. The minimum atomic E-state index is -3.80. The minimum Gasteiger partial charge on any atom is -0.489 e. The molecule has 0 fully saturated rings. The topological polar surface area (TPSA) is 96.0 Å². The van der Waals surface area contributed by atoms with Crippen LogP contribution in [0.5, 0.6) is 5.75 Å². The zero-order chi connectivity index (χ0) is 29.0. The molecule has 214 valence electrons. The molecule has 2 amide bonds. The fourth-order valence-corrected chi connectivity index (χ4v) is 5.17. The minimum absolute atomic E-state index is 0.239. The molecule has 0 aliphatic carbocycles. The maximum Gasteiger partial charge on any atom is 0.244 e. The highest BCUT2D eigenvalue weighted by Crippen LogP contribution is 2.23. The number of nitrogens with zero attached hydrogens (tertiary/aromatic N) is 2. The monoisotopic (exact) mass is 565 g/mol. The van der Waals surface area contributed by atoms with E-state index in [-0.39, 0.29) is 12.5 Å². The van der Waals surface area contributed by atoms with Crippen molar-refractivity contribution in [2.45, 2.75) is 45.8 Å². The van der Waals surface area contributed by atoms with E-state index in [0.29, 0.717) is 37.4 Å². The second kappa shape index (κ2) is 15.1. The third-order valence-electron chi connectivity index (χ3n) is 6.47. The van der Waals surface area contributed by atoms with Gasteiger partial charge in [0.15, 0.2) is 0 Å². The summed E-state index contributed by atoms with van der Waals surface area (Å²) in [5.74, 6) is -0.101. The van der Waals surface area contributed by atoms with Gasteiger partial charge < -0.3 is 15.0 Å². The summed E-state index contributed by atoms with van der Waals surface area (Å²) in [4.78, 5) is 28.2. The molecule has 40 heavy (non-hydrogen) atoms. The molecule has 9 heteroatoms. The van der Waals surface area contributed by atoms with Crippen LogP contribution in [-0.4, -0.2) is 57.1 Å². The van der Waals surface area contributed by atoms with Gasteiger partial charge in [0.25, 0.3) is 0 Å². The van der Waals surface area contributed by atoms with Gasteiger partial charge in [-0.3, -0.25) is 13.9 Å². The lowest BCUT2D eigenvalue weighted by molar-refractivity contribution is -0.139. The number of anilines is 1. The molecule has 0 radical (unpaired) electrons. The van der Waals surface area contributed by atoms with Crippen molar-refractivity contribution in [1.82, 2.24) is 10.2 Å². The highest BCUT2D eigenvalue weighted by atomic mass is 32.2. The summed E-state index contributed by atoms with van der Waals surface area (Å²) < 4.78 is 32.5. The first-order valence-corrected chi connectivity index (χ1v) is 15.4. The molecule has 3 rings (SSSR count). The van der Waals surface area contributed by atoms with Crippen LogP contribution in [0.3, 0.4) is 0 Å². The third-order valence-corrected chi connectivity index (χ3v) is 7.61. The first-order valence-electron chi connectivity index (χ1n) is 13.6. The number of carbonyl (C=O) groups excluding carboxylic acids is 2. The summed E-state index contributed by atoms with van der Waals surface area (Å²) in [6, 6.07) is 25.3. The maximum atomic E-state index is 13.7. The molecule has 0 aromatic heterocycles. The molecule has 0 aliphatic heterocycles. The van der Waals surface area contributed by atoms with E-state index in [9.17, 15) is 18.0 Å². The highest BCUT2D eigenvalue weighted by Gasteiger charge is 2.31. The van der Waals surface area contributed by atoms with E-state index < -0.39 is 28.5 Å². The van der Waals surface area contributed by atoms with Gasteiger partial charge in [0, 0.05) is 13.1 Å². The van der Waals surface area contributed by atoms with Gasteiger partial charge in [-0.15, -0.1) is 0 Å². The van der Waals surface area contributed by atoms with Crippen LogP contribution in [0, 0.1) is 0 Å². The molecular weight excluding hydrogens is 526 g/mol. The van der Waals surface area contributed by atoms with Gasteiger partial charge in [-0.1, -0.05) is 74.5 Å². The lowest BCUT2D eigenvalue weighted by Crippen LogP contribution is -2.53. The molecule has 1 N–H and O–H groups in total. The van der Waals surface area contributed by atoms with Crippen LogP contribution in [0.25, 0.3) is 0 Å². The Labute approximate surface area is 238 Å². The highest BCUT2D eigenvalue weighted by molar-refractivity contribution is 7.92. The van der Waals surface area contributed by atoms with Gasteiger partial charge in [0.05, 0.1) is 11.9 Å². The van der Waals surface area contributed by atoms with Gasteiger partial charge in [-0.05, 0) is 54.7 Å². The molecule has 0 saturated heterocycles. The summed E-state index contributed by atoms with van der Waals surface area (Å²) in [5, 5.41) is 2.88. The number of benzene rings is 3. The summed E-state index contributed by atoms with van der Waals surface area (Å²) in [6.45, 7) is 4.55. The van der Waals surface area contributed by atoms with Gasteiger partial charge in [0.2, 0.25) is 21.8 Å². The fraction of sp³-hybridized carbons (Fsp3) is 0.355. The Bertz CT molecular complexity index is 1320. The first-order chi connectivity index (χ1) is 19.2. The van der Waals surface area contributed by atoms with Crippen LogP contribution in [-0.2, 0) is 32.6 Å². The predicted octanol–water partition coefficient (Wildman–Crippen LogP) is 4.41. The summed E-state index contributed by atoms with van der Waals surface area (Å²) in [7, 11) is -3.80. The van der Waals surface area contributed by atoms with E-state index in [1.54, 1.807) is 24.3 Å². The van der Waals surface area contributed by atoms with Crippen molar-refractivity contribution in [3.8, 4) is 5.75 Å². The number of nitrogens with one attached hydrogen (secondary N) is 1. The van der Waals surface area contributed by atoms with Crippen molar-refractivity contribution in [3.05, 3.63) is 96.1 Å². The lowest BCUT2D eigenvalue weighted by atomic mass is 10.1. The second-order valence-electron chi connectivity index (χ2n) is 9.58. The van der Waals surface area contributed by atoms with Gasteiger partial charge in [-0.2, -0.15) is 0 Å². The predicted molar refractivity (Wildman–Crippen MR) is 159 cm³/mol. The molecule has 1 atom stereocenters. The van der Waals surface area contributed by atoms with Crippen molar-refractivity contribution in [2.24, 2.45) is 0 Å². The van der Waals surface area contributed by atoms with Crippen LogP contribution in [0.1, 0.15) is 37.8 Å². The van der Waals surface area contributed by atoms with Crippen molar-refractivity contribution < 1.29 is 22.7 Å². The number of amides is 2.